The Labute approximate surface area is 215 Å². The minimum absolute atomic E-state index is 0.340. The summed E-state index contributed by atoms with van der Waals surface area (Å²) in [5, 5.41) is 13.4. The lowest BCUT2D eigenvalue weighted by Crippen LogP contribution is -2.33. The van der Waals surface area contributed by atoms with Gasteiger partial charge in [-0.2, -0.15) is 0 Å². The van der Waals surface area contributed by atoms with Crippen LogP contribution in [0.3, 0.4) is 0 Å². The predicted octanol–water partition coefficient (Wildman–Crippen LogP) is 6.12. The summed E-state index contributed by atoms with van der Waals surface area (Å²) in [4.78, 5) is 15.0. The summed E-state index contributed by atoms with van der Waals surface area (Å²) in [6, 6.07) is 19.2. The maximum Gasteiger partial charge on any atom is 0.310 e. The van der Waals surface area contributed by atoms with Crippen molar-refractivity contribution in [1.29, 1.82) is 0 Å². The molecular weight excluding hydrogens is 446 g/mol. The molecule has 0 saturated carbocycles. The Bertz CT molecular complexity index is 1260. The van der Waals surface area contributed by atoms with Crippen LogP contribution in [0.5, 0.6) is 0 Å². The van der Waals surface area contributed by atoms with Crippen molar-refractivity contribution in [3.63, 3.8) is 0 Å². The van der Waals surface area contributed by atoms with E-state index in [0.29, 0.717) is 5.69 Å². The minimum atomic E-state index is -1.02. The second-order valence-corrected chi connectivity index (χ2v) is 10.7. The maximum absolute atomic E-state index is 12.5. The number of nitrogens with two attached hydrogens (primary N) is 1. The van der Waals surface area contributed by atoms with Crippen LogP contribution in [-0.2, 0) is 24.3 Å². The van der Waals surface area contributed by atoms with Gasteiger partial charge < -0.3 is 16.2 Å². The molecule has 1 atom stereocenters. The lowest BCUT2D eigenvalue weighted by atomic mass is 9.69. The molecule has 1 heterocycles. The van der Waals surface area contributed by atoms with Gasteiger partial charge in [0.25, 0.3) is 0 Å². The van der Waals surface area contributed by atoms with Crippen LogP contribution in [0.15, 0.2) is 54.6 Å². The van der Waals surface area contributed by atoms with E-state index in [2.05, 4.69) is 59.6 Å². The number of nitrogens with one attached hydrogen (secondary N) is 1. The van der Waals surface area contributed by atoms with Crippen molar-refractivity contribution in [1.82, 2.24) is 4.90 Å². The number of carboxylic acid groups (broad SMARTS) is 1. The van der Waals surface area contributed by atoms with E-state index in [-0.39, 0.29) is 5.92 Å². The third kappa shape index (κ3) is 4.98. The summed E-state index contributed by atoms with van der Waals surface area (Å²) in [6.07, 6.45) is 2.25. The molecule has 0 amide bonds. The number of carboxylic acids is 1. The van der Waals surface area contributed by atoms with Crippen molar-refractivity contribution in [3.8, 4) is 0 Å². The molecule has 0 fully saturated rings. The highest BCUT2D eigenvalue weighted by Gasteiger charge is 2.40. The molecule has 0 aromatic heterocycles. The molecule has 5 heteroatoms. The van der Waals surface area contributed by atoms with E-state index < -0.39 is 11.4 Å². The quantitative estimate of drug-likeness (QED) is 0.352. The number of hydrogen-bond donors (Lipinski definition) is 3. The zero-order valence-corrected chi connectivity index (χ0v) is 22.2. The third-order valence-corrected chi connectivity index (χ3v) is 7.94. The number of aryl methyl sites for hydroxylation is 2. The molecule has 0 saturated heterocycles. The fourth-order valence-electron chi connectivity index (χ4n) is 5.57. The van der Waals surface area contributed by atoms with E-state index in [4.69, 9.17) is 5.73 Å². The largest absolute Gasteiger partial charge is 0.481 e. The van der Waals surface area contributed by atoms with Gasteiger partial charge in [0.15, 0.2) is 0 Å². The predicted molar refractivity (Wildman–Crippen MR) is 148 cm³/mol. The van der Waals surface area contributed by atoms with Crippen LogP contribution >= 0.6 is 0 Å². The zero-order chi connectivity index (χ0) is 26.0. The average Bonchev–Trinajstić information content (AvgIpc) is 3.05. The van der Waals surface area contributed by atoms with Gasteiger partial charge in [-0.3, -0.25) is 9.69 Å². The molecule has 0 bridgehead atoms. The van der Waals surface area contributed by atoms with Gasteiger partial charge in [-0.25, -0.2) is 0 Å². The highest BCUT2D eigenvalue weighted by molar-refractivity contribution is 5.78. The number of fused-ring (bicyclic) bond motifs is 1. The molecule has 1 aliphatic rings. The van der Waals surface area contributed by atoms with Crippen molar-refractivity contribution < 1.29 is 9.90 Å². The summed E-state index contributed by atoms with van der Waals surface area (Å²) < 4.78 is 0. The molecule has 190 valence electrons. The topological polar surface area (TPSA) is 78.6 Å². The Hall–Kier alpha value is -3.31. The van der Waals surface area contributed by atoms with Crippen LogP contribution in [0.1, 0.15) is 65.1 Å². The first-order valence-corrected chi connectivity index (χ1v) is 12.8. The van der Waals surface area contributed by atoms with Crippen LogP contribution in [0, 0.1) is 19.3 Å². The van der Waals surface area contributed by atoms with Gasteiger partial charge in [-0.15, -0.1) is 0 Å². The van der Waals surface area contributed by atoms with Crippen LogP contribution in [0.4, 0.5) is 11.4 Å². The van der Waals surface area contributed by atoms with E-state index in [0.717, 1.165) is 54.9 Å². The van der Waals surface area contributed by atoms with Crippen LogP contribution < -0.4 is 11.1 Å². The smallest absolute Gasteiger partial charge is 0.310 e. The summed E-state index contributed by atoms with van der Waals surface area (Å²) in [6.45, 7) is 10.6. The molecule has 1 aliphatic heterocycles. The van der Waals surface area contributed by atoms with Crippen molar-refractivity contribution in [2.24, 2.45) is 5.41 Å². The average molecular weight is 486 g/mol. The summed E-state index contributed by atoms with van der Waals surface area (Å²) in [5.74, 6) is -1.16. The summed E-state index contributed by atoms with van der Waals surface area (Å²) in [5.41, 5.74) is 15.2. The highest BCUT2D eigenvalue weighted by Crippen LogP contribution is 2.45. The first kappa shape index (κ1) is 25.8. The number of hydrogen-bond acceptors (Lipinski definition) is 4. The standard InChI is InChI=1S/C31H39N3O2/c1-20-12-13-23(17-25(20)19-34-16-8-11-22-9-6-7-10-24(22)18-34)28(31(3,4)30(35)36)26-14-15-27(33-5)29(32)21(26)2/h6-7,9-10,12-15,17,28,33H,8,11,16,18-19,32H2,1-5H3,(H,35,36). The lowest BCUT2D eigenvalue weighted by Gasteiger charge is -2.34. The van der Waals surface area contributed by atoms with E-state index in [9.17, 15) is 9.90 Å². The normalized spacial score (nSPS) is 15.1. The van der Waals surface area contributed by atoms with Crippen molar-refractivity contribution in [2.75, 3.05) is 24.6 Å². The van der Waals surface area contributed by atoms with Crippen LogP contribution in [-0.4, -0.2) is 29.6 Å². The van der Waals surface area contributed by atoms with Crippen LogP contribution in [0.25, 0.3) is 0 Å². The number of aliphatic carboxylic acids is 1. The van der Waals surface area contributed by atoms with Crippen molar-refractivity contribution in [2.45, 2.75) is 59.5 Å². The van der Waals surface area contributed by atoms with Crippen molar-refractivity contribution in [3.05, 3.63) is 93.5 Å². The Morgan fingerprint density at radius 1 is 1.11 bits per heavy atom. The second-order valence-electron chi connectivity index (χ2n) is 10.7. The van der Waals surface area contributed by atoms with E-state index >= 15 is 0 Å². The molecule has 36 heavy (non-hydrogen) atoms. The number of rotatable bonds is 7. The van der Waals surface area contributed by atoms with E-state index in [1.54, 1.807) is 0 Å². The summed E-state index contributed by atoms with van der Waals surface area (Å²) in [7, 11) is 1.84. The van der Waals surface area contributed by atoms with Crippen molar-refractivity contribution >= 4 is 17.3 Å². The Kier molecular flexibility index (Phi) is 7.41. The molecule has 0 aliphatic carbocycles. The van der Waals surface area contributed by atoms with E-state index in [1.807, 2.05) is 40.0 Å². The molecule has 4 rings (SSSR count). The second kappa shape index (κ2) is 10.4. The first-order valence-electron chi connectivity index (χ1n) is 12.8. The fourth-order valence-corrected chi connectivity index (χ4v) is 5.57. The van der Waals surface area contributed by atoms with Gasteiger partial charge in [-0.1, -0.05) is 48.5 Å². The SMILES string of the molecule is CNc1ccc(C(c2ccc(C)c(CN3CCCc4ccccc4C3)c2)C(C)(C)C(=O)O)c(C)c1N. The van der Waals surface area contributed by atoms with Gasteiger partial charge >= 0.3 is 5.97 Å². The van der Waals surface area contributed by atoms with E-state index in [1.165, 1.54) is 22.3 Å². The molecule has 1 unspecified atom stereocenters. The molecular formula is C31H39N3O2. The number of carbonyl (C=O) groups is 1. The fraction of sp³-hybridized carbons (Fsp3) is 0.387. The molecule has 5 nitrogen and oxygen atoms in total. The number of nitrogen functional groups attached to an aromatic ring is 1. The first-order chi connectivity index (χ1) is 17.1. The molecule has 3 aromatic rings. The highest BCUT2D eigenvalue weighted by atomic mass is 16.4. The van der Waals surface area contributed by atoms with Gasteiger partial charge in [0.2, 0.25) is 0 Å². The van der Waals surface area contributed by atoms with Gasteiger partial charge in [0.05, 0.1) is 16.8 Å². The maximum atomic E-state index is 12.5. The zero-order valence-electron chi connectivity index (χ0n) is 22.2. The third-order valence-electron chi connectivity index (χ3n) is 7.94. The monoisotopic (exact) mass is 485 g/mol. The Balaban J connectivity index is 1.74. The summed E-state index contributed by atoms with van der Waals surface area (Å²) >= 11 is 0. The number of benzene rings is 3. The van der Waals surface area contributed by atoms with Gasteiger partial charge in [0.1, 0.15) is 0 Å². The van der Waals surface area contributed by atoms with Gasteiger partial charge in [0, 0.05) is 26.1 Å². The van der Waals surface area contributed by atoms with Crippen LogP contribution in [0.2, 0.25) is 0 Å². The minimum Gasteiger partial charge on any atom is -0.481 e. The van der Waals surface area contributed by atoms with Gasteiger partial charge in [-0.05, 0) is 92.1 Å². The molecule has 0 radical (unpaired) electrons. The lowest BCUT2D eigenvalue weighted by molar-refractivity contribution is -0.147. The number of anilines is 2. The Morgan fingerprint density at radius 3 is 2.53 bits per heavy atom. The Morgan fingerprint density at radius 2 is 1.83 bits per heavy atom. The molecule has 4 N–H and O–H groups in total. The molecule has 0 spiro atoms. The number of nitrogens with zero attached hydrogens (tertiary/aromatic N) is 1. The molecule has 3 aromatic carbocycles.